The fourth-order valence-electron chi connectivity index (χ4n) is 2.67. The van der Waals surface area contributed by atoms with Gasteiger partial charge in [0.15, 0.2) is 0 Å². The molecule has 1 aromatic heterocycles. The third-order valence-electron chi connectivity index (χ3n) is 4.16. The fraction of sp³-hybridized carbons (Fsp3) is 0.562. The molecule has 11 nitrogen and oxygen atoms in total. The van der Waals surface area contributed by atoms with Crippen molar-refractivity contribution < 1.29 is 24.3 Å². The number of nitrogens with one attached hydrogen (secondary N) is 5. The number of rotatable bonds is 9. The van der Waals surface area contributed by atoms with Crippen LogP contribution in [0.3, 0.4) is 0 Å². The first-order valence-electron chi connectivity index (χ1n) is 8.67. The molecule has 1 fully saturated rings. The van der Waals surface area contributed by atoms with Gasteiger partial charge in [0.2, 0.25) is 17.7 Å². The Hall–Kier alpha value is -2.95. The minimum Gasteiger partial charge on any atom is -0.480 e. The van der Waals surface area contributed by atoms with E-state index in [1.807, 2.05) is 0 Å². The van der Waals surface area contributed by atoms with Crippen LogP contribution in [0.15, 0.2) is 12.5 Å². The van der Waals surface area contributed by atoms with Gasteiger partial charge in [-0.3, -0.25) is 14.4 Å². The number of nitrogens with zero attached hydrogens (tertiary/aromatic N) is 1. The maximum Gasteiger partial charge on any atom is 0.326 e. The van der Waals surface area contributed by atoms with E-state index in [0.29, 0.717) is 5.69 Å². The lowest BCUT2D eigenvalue weighted by Gasteiger charge is -2.18. The highest BCUT2D eigenvalue weighted by atomic mass is 16.4. The molecule has 3 amide bonds. The Morgan fingerprint density at radius 3 is 2.70 bits per heavy atom. The molecule has 3 atom stereocenters. The Labute approximate surface area is 155 Å². The van der Waals surface area contributed by atoms with Crippen molar-refractivity contribution in [3.63, 3.8) is 0 Å². The molecule has 1 aliphatic rings. The van der Waals surface area contributed by atoms with Gasteiger partial charge >= 0.3 is 5.97 Å². The van der Waals surface area contributed by atoms with Crippen molar-refractivity contribution in [3.05, 3.63) is 18.2 Å². The molecule has 0 saturated carbocycles. The number of carboxylic acids is 1. The number of hydrogen-bond donors (Lipinski definition) is 6. The van der Waals surface area contributed by atoms with E-state index < -0.39 is 29.9 Å². The monoisotopic (exact) mass is 380 g/mol. The van der Waals surface area contributed by atoms with Crippen molar-refractivity contribution in [2.45, 2.75) is 44.3 Å². The molecule has 2 heterocycles. The molecule has 0 radical (unpaired) electrons. The maximum atomic E-state index is 12.2. The zero-order chi connectivity index (χ0) is 19.8. The van der Waals surface area contributed by atoms with Crippen molar-refractivity contribution >= 4 is 23.7 Å². The molecule has 3 unspecified atom stereocenters. The number of aromatic amines is 1. The molecule has 1 saturated heterocycles. The molecular weight excluding hydrogens is 356 g/mol. The van der Waals surface area contributed by atoms with Crippen LogP contribution in [0.4, 0.5) is 0 Å². The Morgan fingerprint density at radius 1 is 1.33 bits per heavy atom. The lowest BCUT2D eigenvalue weighted by molar-refractivity contribution is -0.142. The SMILES string of the molecule is CC(NC(=O)CNC(=O)C1CCCN1)C(=O)NC(Cc1cnc[nH]1)C(=O)O. The second-order valence-corrected chi connectivity index (χ2v) is 6.34. The van der Waals surface area contributed by atoms with E-state index in [2.05, 4.69) is 31.2 Å². The first-order chi connectivity index (χ1) is 12.9. The third-order valence-corrected chi connectivity index (χ3v) is 4.16. The Balaban J connectivity index is 1.76. The average molecular weight is 380 g/mol. The number of carbonyl (C=O) groups excluding carboxylic acids is 3. The Kier molecular flexibility index (Phi) is 7.29. The van der Waals surface area contributed by atoms with E-state index >= 15 is 0 Å². The van der Waals surface area contributed by atoms with Crippen molar-refractivity contribution in [2.75, 3.05) is 13.1 Å². The number of hydrogen-bond acceptors (Lipinski definition) is 6. The summed E-state index contributed by atoms with van der Waals surface area (Å²) in [5.41, 5.74) is 0.558. The lowest BCUT2D eigenvalue weighted by Crippen LogP contribution is -2.53. The van der Waals surface area contributed by atoms with Gasteiger partial charge in [-0.2, -0.15) is 0 Å². The molecule has 1 aromatic rings. The molecular formula is C16H24N6O5. The van der Waals surface area contributed by atoms with Gasteiger partial charge < -0.3 is 31.4 Å². The molecule has 1 aliphatic heterocycles. The van der Waals surface area contributed by atoms with Crippen LogP contribution in [-0.4, -0.2) is 70.0 Å². The standard InChI is InChI=1S/C16H24N6O5/c1-9(21-13(23)7-19-15(25)11-3-2-4-18-11)14(24)22-12(16(26)27)5-10-6-17-8-20-10/h6,8-9,11-12,18H,2-5,7H2,1H3,(H,17,20)(H,19,25)(H,21,23)(H,22,24)(H,26,27). The molecule has 0 aromatic carbocycles. The van der Waals surface area contributed by atoms with E-state index in [0.717, 1.165) is 19.4 Å². The number of aliphatic carboxylic acids is 1. The van der Waals surface area contributed by atoms with E-state index in [-0.39, 0.29) is 24.9 Å². The number of amides is 3. The van der Waals surface area contributed by atoms with E-state index in [1.54, 1.807) is 0 Å². The van der Waals surface area contributed by atoms with Crippen LogP contribution < -0.4 is 21.3 Å². The van der Waals surface area contributed by atoms with Crippen LogP contribution in [0.2, 0.25) is 0 Å². The van der Waals surface area contributed by atoms with Gasteiger partial charge in [-0.1, -0.05) is 0 Å². The number of imidazole rings is 1. The Bertz CT molecular complexity index is 671. The first-order valence-corrected chi connectivity index (χ1v) is 8.67. The van der Waals surface area contributed by atoms with E-state index in [9.17, 15) is 24.3 Å². The summed E-state index contributed by atoms with van der Waals surface area (Å²) in [6, 6.07) is -2.41. The summed E-state index contributed by atoms with van der Waals surface area (Å²) < 4.78 is 0. The molecule has 148 valence electrons. The van der Waals surface area contributed by atoms with Crippen LogP contribution in [0, 0.1) is 0 Å². The summed E-state index contributed by atoms with van der Waals surface area (Å²) in [7, 11) is 0. The van der Waals surface area contributed by atoms with Crippen molar-refractivity contribution in [3.8, 4) is 0 Å². The highest BCUT2D eigenvalue weighted by Gasteiger charge is 2.25. The first kappa shape index (κ1) is 20.4. The molecule has 27 heavy (non-hydrogen) atoms. The zero-order valence-electron chi connectivity index (χ0n) is 14.9. The fourth-order valence-corrected chi connectivity index (χ4v) is 2.67. The number of H-pyrrole nitrogens is 1. The minimum atomic E-state index is -1.20. The third kappa shape index (κ3) is 6.37. The summed E-state index contributed by atoms with van der Waals surface area (Å²) in [6.07, 6.45) is 4.54. The topological polar surface area (TPSA) is 165 Å². The lowest BCUT2D eigenvalue weighted by atomic mass is 10.1. The van der Waals surface area contributed by atoms with Gasteiger partial charge in [0.1, 0.15) is 12.1 Å². The van der Waals surface area contributed by atoms with Gasteiger partial charge in [0.05, 0.1) is 18.9 Å². The zero-order valence-corrected chi connectivity index (χ0v) is 14.9. The van der Waals surface area contributed by atoms with Crippen LogP contribution in [0.1, 0.15) is 25.5 Å². The second-order valence-electron chi connectivity index (χ2n) is 6.34. The molecule has 0 bridgehead atoms. The van der Waals surface area contributed by atoms with Crippen LogP contribution in [0.25, 0.3) is 0 Å². The number of aromatic nitrogens is 2. The quantitative estimate of drug-likeness (QED) is 0.285. The van der Waals surface area contributed by atoms with Gasteiger partial charge in [0.25, 0.3) is 0 Å². The molecule has 2 rings (SSSR count). The summed E-state index contributed by atoms with van der Waals surface area (Å²) in [4.78, 5) is 53.8. The Morgan fingerprint density at radius 2 is 2.11 bits per heavy atom. The van der Waals surface area contributed by atoms with Crippen LogP contribution in [0.5, 0.6) is 0 Å². The van der Waals surface area contributed by atoms with Crippen molar-refractivity contribution in [1.29, 1.82) is 0 Å². The smallest absolute Gasteiger partial charge is 0.326 e. The molecule has 6 N–H and O–H groups in total. The van der Waals surface area contributed by atoms with Gasteiger partial charge in [-0.05, 0) is 26.3 Å². The predicted octanol–water partition coefficient (Wildman–Crippen LogP) is -2.11. The summed E-state index contributed by atoms with van der Waals surface area (Å²) in [5.74, 6) is -2.64. The number of carbonyl (C=O) groups is 4. The average Bonchev–Trinajstić information content (AvgIpc) is 3.32. The van der Waals surface area contributed by atoms with Gasteiger partial charge in [-0.25, -0.2) is 9.78 Å². The molecule has 0 aliphatic carbocycles. The summed E-state index contributed by atoms with van der Waals surface area (Å²) in [6.45, 7) is 1.94. The van der Waals surface area contributed by atoms with Crippen molar-refractivity contribution in [2.24, 2.45) is 0 Å². The minimum absolute atomic E-state index is 0.0339. The van der Waals surface area contributed by atoms with Crippen LogP contribution in [-0.2, 0) is 25.6 Å². The maximum absolute atomic E-state index is 12.2. The van der Waals surface area contributed by atoms with Gasteiger partial charge in [-0.15, -0.1) is 0 Å². The number of carboxylic acid groups (broad SMARTS) is 1. The summed E-state index contributed by atoms with van der Waals surface area (Å²) >= 11 is 0. The van der Waals surface area contributed by atoms with E-state index in [1.165, 1.54) is 19.4 Å². The van der Waals surface area contributed by atoms with E-state index in [4.69, 9.17) is 0 Å². The molecule has 11 heteroatoms. The normalized spacial score (nSPS) is 18.3. The highest BCUT2D eigenvalue weighted by Crippen LogP contribution is 2.04. The van der Waals surface area contributed by atoms with Crippen molar-refractivity contribution in [1.82, 2.24) is 31.2 Å². The predicted molar refractivity (Wildman–Crippen MR) is 93.5 cm³/mol. The summed E-state index contributed by atoms with van der Waals surface area (Å²) in [5, 5.41) is 19.6. The molecule has 0 spiro atoms. The van der Waals surface area contributed by atoms with Gasteiger partial charge in [0, 0.05) is 18.3 Å². The second kappa shape index (κ2) is 9.67. The largest absolute Gasteiger partial charge is 0.480 e. The van der Waals surface area contributed by atoms with Crippen LogP contribution >= 0.6 is 0 Å². The highest BCUT2D eigenvalue weighted by molar-refractivity contribution is 5.92.